The fourth-order valence-electron chi connectivity index (χ4n) is 1.76. The maximum atomic E-state index is 11.8. The minimum absolute atomic E-state index is 0.0566. The van der Waals surface area contributed by atoms with Crippen molar-refractivity contribution >= 4 is 5.91 Å². The monoisotopic (exact) mass is 290 g/mol. The van der Waals surface area contributed by atoms with Gasteiger partial charge in [0.05, 0.1) is 12.8 Å². The molecule has 114 valence electrons. The van der Waals surface area contributed by atoms with Gasteiger partial charge in [0.1, 0.15) is 17.4 Å². The SMILES string of the molecule is CCN(CC)CCN/C=C(/C#N)C(=O)NCc1ccco1. The summed E-state index contributed by atoms with van der Waals surface area (Å²) in [6.45, 7) is 8.00. The summed E-state index contributed by atoms with van der Waals surface area (Å²) < 4.78 is 5.11. The summed E-state index contributed by atoms with van der Waals surface area (Å²) in [5, 5.41) is 14.6. The van der Waals surface area contributed by atoms with Gasteiger partial charge in [-0.2, -0.15) is 5.26 Å². The molecule has 6 heteroatoms. The van der Waals surface area contributed by atoms with Crippen molar-refractivity contribution in [3.8, 4) is 6.07 Å². The van der Waals surface area contributed by atoms with E-state index < -0.39 is 5.91 Å². The van der Waals surface area contributed by atoms with Crippen LogP contribution in [0.3, 0.4) is 0 Å². The molecule has 2 N–H and O–H groups in total. The van der Waals surface area contributed by atoms with Gasteiger partial charge in [-0.1, -0.05) is 13.8 Å². The Morgan fingerprint density at radius 2 is 2.24 bits per heavy atom. The van der Waals surface area contributed by atoms with Crippen molar-refractivity contribution in [3.05, 3.63) is 35.9 Å². The fourth-order valence-corrected chi connectivity index (χ4v) is 1.76. The summed E-state index contributed by atoms with van der Waals surface area (Å²) in [6.07, 6.45) is 3.00. The highest BCUT2D eigenvalue weighted by Gasteiger charge is 2.08. The lowest BCUT2D eigenvalue weighted by molar-refractivity contribution is -0.117. The smallest absolute Gasteiger partial charge is 0.263 e. The van der Waals surface area contributed by atoms with Crippen LogP contribution in [-0.4, -0.2) is 37.0 Å². The molecule has 0 aliphatic heterocycles. The van der Waals surface area contributed by atoms with Crippen LogP contribution in [0.1, 0.15) is 19.6 Å². The first-order valence-corrected chi connectivity index (χ1v) is 7.07. The second kappa shape index (κ2) is 9.61. The third-order valence-corrected chi connectivity index (χ3v) is 3.08. The quantitative estimate of drug-likeness (QED) is 0.406. The number of carbonyl (C=O) groups is 1. The van der Waals surface area contributed by atoms with Gasteiger partial charge >= 0.3 is 0 Å². The number of rotatable bonds is 9. The Bertz CT molecular complexity index is 484. The first-order chi connectivity index (χ1) is 10.2. The molecular weight excluding hydrogens is 268 g/mol. The van der Waals surface area contributed by atoms with Gasteiger partial charge in [0.25, 0.3) is 5.91 Å². The molecule has 0 aromatic carbocycles. The molecule has 0 unspecified atom stereocenters. The van der Waals surface area contributed by atoms with Crippen molar-refractivity contribution in [2.75, 3.05) is 26.2 Å². The van der Waals surface area contributed by atoms with Crippen LogP contribution in [0.5, 0.6) is 0 Å². The zero-order chi connectivity index (χ0) is 15.5. The van der Waals surface area contributed by atoms with E-state index in [1.807, 2.05) is 6.07 Å². The second-order valence-electron chi connectivity index (χ2n) is 4.41. The van der Waals surface area contributed by atoms with E-state index in [1.54, 1.807) is 12.1 Å². The number of hydrogen-bond donors (Lipinski definition) is 2. The number of nitriles is 1. The number of hydrogen-bond acceptors (Lipinski definition) is 5. The second-order valence-corrected chi connectivity index (χ2v) is 4.41. The number of nitrogens with one attached hydrogen (secondary N) is 2. The Morgan fingerprint density at radius 1 is 1.48 bits per heavy atom. The Hall–Kier alpha value is -2.26. The van der Waals surface area contributed by atoms with Crippen molar-refractivity contribution in [1.29, 1.82) is 5.26 Å². The minimum atomic E-state index is -0.413. The standard InChI is InChI=1S/C15H22N4O2/c1-3-19(4-2)8-7-17-11-13(10-16)15(20)18-12-14-6-5-9-21-14/h5-6,9,11,17H,3-4,7-8,12H2,1-2H3,(H,18,20)/b13-11-. The van der Waals surface area contributed by atoms with E-state index in [0.29, 0.717) is 12.3 Å². The van der Waals surface area contributed by atoms with Crippen molar-refractivity contribution in [1.82, 2.24) is 15.5 Å². The van der Waals surface area contributed by atoms with Crippen LogP contribution < -0.4 is 10.6 Å². The van der Waals surface area contributed by atoms with E-state index in [1.165, 1.54) is 12.5 Å². The molecule has 0 saturated carbocycles. The minimum Gasteiger partial charge on any atom is -0.467 e. The van der Waals surface area contributed by atoms with Crippen LogP contribution >= 0.6 is 0 Å². The van der Waals surface area contributed by atoms with E-state index in [2.05, 4.69) is 29.4 Å². The molecule has 0 bridgehead atoms. The van der Waals surface area contributed by atoms with Crippen molar-refractivity contribution < 1.29 is 9.21 Å². The number of nitrogens with zero attached hydrogens (tertiary/aromatic N) is 2. The van der Waals surface area contributed by atoms with E-state index >= 15 is 0 Å². The highest BCUT2D eigenvalue weighted by molar-refractivity contribution is 5.97. The molecule has 0 aliphatic carbocycles. The summed E-state index contributed by atoms with van der Waals surface area (Å²) >= 11 is 0. The molecule has 0 radical (unpaired) electrons. The lowest BCUT2D eigenvalue weighted by atomic mass is 10.3. The molecule has 1 rings (SSSR count). The van der Waals surface area contributed by atoms with Crippen molar-refractivity contribution in [3.63, 3.8) is 0 Å². The highest BCUT2D eigenvalue weighted by atomic mass is 16.3. The van der Waals surface area contributed by atoms with Gasteiger partial charge in [-0.25, -0.2) is 0 Å². The molecule has 0 spiro atoms. The van der Waals surface area contributed by atoms with Crippen molar-refractivity contribution in [2.24, 2.45) is 0 Å². The lowest BCUT2D eigenvalue weighted by Gasteiger charge is -2.17. The topological polar surface area (TPSA) is 81.3 Å². The average Bonchev–Trinajstić information content (AvgIpc) is 3.02. The summed E-state index contributed by atoms with van der Waals surface area (Å²) in [7, 11) is 0. The molecule has 6 nitrogen and oxygen atoms in total. The van der Waals surface area contributed by atoms with E-state index in [0.717, 1.165) is 19.6 Å². The zero-order valence-electron chi connectivity index (χ0n) is 12.6. The van der Waals surface area contributed by atoms with E-state index in [9.17, 15) is 4.79 Å². The first-order valence-electron chi connectivity index (χ1n) is 7.07. The van der Waals surface area contributed by atoms with Crippen LogP contribution in [0.4, 0.5) is 0 Å². The van der Waals surface area contributed by atoms with Gasteiger partial charge in [-0.05, 0) is 25.2 Å². The van der Waals surface area contributed by atoms with Gasteiger partial charge in [0.15, 0.2) is 0 Å². The molecule has 0 fully saturated rings. The summed E-state index contributed by atoms with van der Waals surface area (Å²) in [4.78, 5) is 14.1. The Labute approximate surface area is 125 Å². The molecule has 1 aromatic heterocycles. The van der Waals surface area contributed by atoms with Crippen molar-refractivity contribution in [2.45, 2.75) is 20.4 Å². The van der Waals surface area contributed by atoms with Gasteiger partial charge in [-0.3, -0.25) is 4.79 Å². The van der Waals surface area contributed by atoms with Gasteiger partial charge in [0, 0.05) is 19.3 Å². The zero-order valence-corrected chi connectivity index (χ0v) is 12.6. The molecule has 21 heavy (non-hydrogen) atoms. The number of likely N-dealkylation sites (N-methyl/N-ethyl adjacent to an activating group) is 1. The maximum Gasteiger partial charge on any atom is 0.263 e. The molecule has 1 amide bonds. The van der Waals surface area contributed by atoms with Crippen LogP contribution in [-0.2, 0) is 11.3 Å². The van der Waals surface area contributed by atoms with Gasteiger partial charge in [-0.15, -0.1) is 0 Å². The lowest BCUT2D eigenvalue weighted by Crippen LogP contribution is -2.31. The van der Waals surface area contributed by atoms with Gasteiger partial charge < -0.3 is 20.0 Å². The molecular formula is C15H22N4O2. The van der Waals surface area contributed by atoms with Crippen LogP contribution in [0.25, 0.3) is 0 Å². The summed E-state index contributed by atoms with van der Waals surface area (Å²) in [5.41, 5.74) is 0.0566. The number of furan rings is 1. The van der Waals surface area contributed by atoms with E-state index in [-0.39, 0.29) is 12.1 Å². The molecule has 1 heterocycles. The normalized spacial score (nSPS) is 11.2. The molecule has 0 saturated heterocycles. The van der Waals surface area contributed by atoms with Crippen LogP contribution in [0.2, 0.25) is 0 Å². The summed E-state index contributed by atoms with van der Waals surface area (Å²) in [5.74, 6) is 0.236. The highest BCUT2D eigenvalue weighted by Crippen LogP contribution is 1.99. The van der Waals surface area contributed by atoms with E-state index in [4.69, 9.17) is 9.68 Å². The molecule has 0 atom stereocenters. The average molecular weight is 290 g/mol. The third kappa shape index (κ3) is 6.15. The van der Waals surface area contributed by atoms with Crippen LogP contribution in [0.15, 0.2) is 34.6 Å². The third-order valence-electron chi connectivity index (χ3n) is 3.08. The first kappa shape index (κ1) is 16.8. The van der Waals surface area contributed by atoms with Gasteiger partial charge in [0.2, 0.25) is 0 Å². The Kier molecular flexibility index (Phi) is 7.69. The fraction of sp³-hybridized carbons (Fsp3) is 0.467. The predicted molar refractivity (Wildman–Crippen MR) is 80.0 cm³/mol. The maximum absolute atomic E-state index is 11.8. The number of carbonyl (C=O) groups excluding carboxylic acids is 1. The Morgan fingerprint density at radius 3 is 2.81 bits per heavy atom. The molecule has 0 aliphatic rings. The summed E-state index contributed by atoms with van der Waals surface area (Å²) in [6, 6.07) is 5.40. The Balaban J connectivity index is 2.36. The predicted octanol–water partition coefficient (Wildman–Crippen LogP) is 1.23. The number of amides is 1. The van der Waals surface area contributed by atoms with Crippen LogP contribution in [0, 0.1) is 11.3 Å². The largest absolute Gasteiger partial charge is 0.467 e. The molecule has 1 aromatic rings.